The molecule has 0 bridgehead atoms. The molecule has 7 heteroatoms. The van der Waals surface area contributed by atoms with Crippen LogP contribution >= 0.6 is 27.5 Å². The molecule has 0 heterocycles. The third-order valence-electron chi connectivity index (χ3n) is 3.53. The van der Waals surface area contributed by atoms with E-state index >= 15 is 0 Å². The Bertz CT molecular complexity index is 823. The van der Waals surface area contributed by atoms with Crippen molar-refractivity contribution in [3.8, 4) is 5.75 Å². The summed E-state index contributed by atoms with van der Waals surface area (Å²) in [4.78, 5) is 23.9. The zero-order valence-electron chi connectivity index (χ0n) is 14.0. The zero-order chi connectivity index (χ0) is 18.6. The average molecular weight is 427 g/mol. The van der Waals surface area contributed by atoms with Crippen molar-refractivity contribution in [1.82, 2.24) is 0 Å². The van der Waals surface area contributed by atoms with E-state index in [-0.39, 0.29) is 12.2 Å². The van der Waals surface area contributed by atoms with E-state index in [2.05, 4.69) is 21.2 Å². The van der Waals surface area contributed by atoms with Crippen molar-refractivity contribution in [3.05, 3.63) is 56.5 Å². The number of carbonyl (C=O) groups is 2. The lowest BCUT2D eigenvalue weighted by Crippen LogP contribution is -2.22. The van der Waals surface area contributed by atoms with Crippen molar-refractivity contribution in [2.75, 3.05) is 19.0 Å². The van der Waals surface area contributed by atoms with Crippen molar-refractivity contribution in [1.29, 1.82) is 0 Å². The van der Waals surface area contributed by atoms with Crippen LogP contribution in [0.1, 0.15) is 21.5 Å². The number of benzene rings is 2. The van der Waals surface area contributed by atoms with Crippen molar-refractivity contribution >= 4 is 45.1 Å². The molecular formula is C18H17BrClNO4. The van der Waals surface area contributed by atoms with Crippen LogP contribution in [0.15, 0.2) is 34.8 Å². The highest BCUT2D eigenvalue weighted by Crippen LogP contribution is 2.35. The Morgan fingerprint density at radius 2 is 1.92 bits per heavy atom. The molecule has 2 aromatic rings. The topological polar surface area (TPSA) is 64.6 Å². The van der Waals surface area contributed by atoms with E-state index in [9.17, 15) is 9.59 Å². The third kappa shape index (κ3) is 4.52. The molecule has 0 unspecified atom stereocenters. The summed E-state index contributed by atoms with van der Waals surface area (Å²) < 4.78 is 11.0. The summed E-state index contributed by atoms with van der Waals surface area (Å²) in [7, 11) is 1.28. The molecule has 25 heavy (non-hydrogen) atoms. The Morgan fingerprint density at radius 3 is 2.60 bits per heavy atom. The lowest BCUT2D eigenvalue weighted by Gasteiger charge is -2.14. The number of esters is 1. The fourth-order valence-electron chi connectivity index (χ4n) is 2.21. The standard InChI is InChI=1S/C18H17BrClNO4/c1-10-8-14(16(19)11(2)17(10)20)25-9-15(22)21-13-7-5-4-6-12(13)18(23)24-3/h4-8H,9H2,1-3H3,(H,21,22). The van der Waals surface area contributed by atoms with Crippen molar-refractivity contribution < 1.29 is 19.1 Å². The molecule has 0 radical (unpaired) electrons. The predicted molar refractivity (Wildman–Crippen MR) is 101 cm³/mol. The van der Waals surface area contributed by atoms with E-state index in [1.807, 2.05) is 13.8 Å². The number of methoxy groups -OCH3 is 1. The number of anilines is 1. The van der Waals surface area contributed by atoms with E-state index in [4.69, 9.17) is 21.1 Å². The summed E-state index contributed by atoms with van der Waals surface area (Å²) in [6.45, 7) is 3.51. The number of carbonyl (C=O) groups excluding carboxylic acids is 2. The highest BCUT2D eigenvalue weighted by atomic mass is 79.9. The van der Waals surface area contributed by atoms with Crippen LogP contribution in [-0.4, -0.2) is 25.6 Å². The van der Waals surface area contributed by atoms with E-state index < -0.39 is 11.9 Å². The molecule has 0 aliphatic rings. The van der Waals surface area contributed by atoms with Gasteiger partial charge < -0.3 is 14.8 Å². The number of para-hydroxylation sites is 1. The molecule has 0 saturated carbocycles. The molecule has 132 valence electrons. The van der Waals surface area contributed by atoms with Gasteiger partial charge in [0.1, 0.15) is 5.75 Å². The van der Waals surface area contributed by atoms with Crippen molar-refractivity contribution in [2.45, 2.75) is 13.8 Å². The largest absolute Gasteiger partial charge is 0.483 e. The quantitative estimate of drug-likeness (QED) is 0.714. The molecule has 0 aliphatic carbocycles. The summed E-state index contributed by atoms with van der Waals surface area (Å²) in [6.07, 6.45) is 0. The van der Waals surface area contributed by atoms with Gasteiger partial charge in [0.2, 0.25) is 0 Å². The van der Waals surface area contributed by atoms with Gasteiger partial charge in [-0.25, -0.2) is 4.79 Å². The Balaban J connectivity index is 2.09. The summed E-state index contributed by atoms with van der Waals surface area (Å²) in [5, 5.41) is 3.30. The van der Waals surface area contributed by atoms with Crippen LogP contribution in [0.4, 0.5) is 5.69 Å². The summed E-state index contributed by atoms with van der Waals surface area (Å²) >= 11 is 9.60. The van der Waals surface area contributed by atoms with Gasteiger partial charge in [0.05, 0.1) is 22.8 Å². The molecule has 0 saturated heterocycles. The van der Waals surface area contributed by atoms with Gasteiger partial charge >= 0.3 is 5.97 Å². The maximum atomic E-state index is 12.2. The first kappa shape index (κ1) is 19.3. The summed E-state index contributed by atoms with van der Waals surface area (Å²) in [5.74, 6) is -0.396. The molecule has 1 amide bonds. The highest BCUT2D eigenvalue weighted by Gasteiger charge is 2.15. The van der Waals surface area contributed by atoms with Crippen LogP contribution in [0, 0.1) is 13.8 Å². The minimum atomic E-state index is -0.525. The molecular weight excluding hydrogens is 410 g/mol. The molecule has 2 aromatic carbocycles. The SMILES string of the molecule is COC(=O)c1ccccc1NC(=O)COc1cc(C)c(Cl)c(C)c1Br. The van der Waals surface area contributed by atoms with Crippen LogP contribution < -0.4 is 10.1 Å². The van der Waals surface area contributed by atoms with Gasteiger partial charge in [0, 0.05) is 5.02 Å². The fourth-order valence-corrected chi connectivity index (χ4v) is 2.91. The van der Waals surface area contributed by atoms with Crippen LogP contribution in [0.3, 0.4) is 0 Å². The molecule has 2 rings (SSSR count). The van der Waals surface area contributed by atoms with Gasteiger partial charge in [-0.1, -0.05) is 23.7 Å². The lowest BCUT2D eigenvalue weighted by molar-refractivity contribution is -0.118. The second kappa shape index (κ2) is 8.36. The van der Waals surface area contributed by atoms with Gasteiger partial charge in [-0.3, -0.25) is 4.79 Å². The smallest absolute Gasteiger partial charge is 0.339 e. The molecule has 0 aliphatic heterocycles. The maximum Gasteiger partial charge on any atom is 0.339 e. The van der Waals surface area contributed by atoms with Crippen LogP contribution in [0.2, 0.25) is 5.02 Å². The van der Waals surface area contributed by atoms with Crippen LogP contribution in [-0.2, 0) is 9.53 Å². The maximum absolute atomic E-state index is 12.2. The summed E-state index contributed by atoms with van der Waals surface area (Å²) in [5.41, 5.74) is 2.34. The minimum Gasteiger partial charge on any atom is -0.483 e. The predicted octanol–water partition coefficient (Wildman–Crippen LogP) is 4.52. The fraction of sp³-hybridized carbons (Fsp3) is 0.222. The van der Waals surface area contributed by atoms with E-state index in [0.717, 1.165) is 11.1 Å². The lowest BCUT2D eigenvalue weighted by atomic mass is 10.1. The Labute approximate surface area is 159 Å². The number of hydrogen-bond acceptors (Lipinski definition) is 4. The first-order chi connectivity index (χ1) is 11.8. The second-order valence-corrected chi connectivity index (χ2v) is 6.49. The van der Waals surface area contributed by atoms with Gasteiger partial charge in [-0.2, -0.15) is 0 Å². The van der Waals surface area contributed by atoms with Gasteiger partial charge in [0.15, 0.2) is 6.61 Å². The molecule has 0 spiro atoms. The molecule has 1 N–H and O–H groups in total. The highest BCUT2D eigenvalue weighted by molar-refractivity contribution is 9.10. The number of nitrogens with one attached hydrogen (secondary N) is 1. The van der Waals surface area contributed by atoms with Gasteiger partial charge in [0.25, 0.3) is 5.91 Å². The van der Waals surface area contributed by atoms with E-state index in [0.29, 0.717) is 20.9 Å². The van der Waals surface area contributed by atoms with Crippen molar-refractivity contribution in [2.24, 2.45) is 0 Å². The normalized spacial score (nSPS) is 10.3. The van der Waals surface area contributed by atoms with Gasteiger partial charge in [-0.05, 0) is 59.1 Å². The number of ether oxygens (including phenoxy) is 2. The summed E-state index contributed by atoms with van der Waals surface area (Å²) in [6, 6.07) is 8.36. The van der Waals surface area contributed by atoms with Crippen LogP contribution in [0.5, 0.6) is 5.75 Å². The minimum absolute atomic E-state index is 0.214. The second-order valence-electron chi connectivity index (χ2n) is 5.32. The molecule has 0 aromatic heterocycles. The zero-order valence-corrected chi connectivity index (χ0v) is 16.3. The molecule has 0 fully saturated rings. The van der Waals surface area contributed by atoms with Gasteiger partial charge in [-0.15, -0.1) is 0 Å². The van der Waals surface area contributed by atoms with E-state index in [1.165, 1.54) is 7.11 Å². The Hall–Kier alpha value is -2.05. The third-order valence-corrected chi connectivity index (χ3v) is 5.10. The number of aryl methyl sites for hydroxylation is 1. The Morgan fingerprint density at radius 1 is 1.24 bits per heavy atom. The number of halogens is 2. The van der Waals surface area contributed by atoms with Crippen molar-refractivity contribution in [3.63, 3.8) is 0 Å². The number of hydrogen-bond donors (Lipinski definition) is 1. The average Bonchev–Trinajstić information content (AvgIpc) is 2.61. The Kier molecular flexibility index (Phi) is 6.45. The van der Waals surface area contributed by atoms with E-state index in [1.54, 1.807) is 30.3 Å². The molecule has 0 atom stereocenters. The first-order valence-corrected chi connectivity index (χ1v) is 8.57. The van der Waals surface area contributed by atoms with Crippen LogP contribution in [0.25, 0.3) is 0 Å². The number of rotatable bonds is 5. The monoisotopic (exact) mass is 425 g/mol. The number of amides is 1. The first-order valence-electron chi connectivity index (χ1n) is 7.40. The molecule has 5 nitrogen and oxygen atoms in total.